The summed E-state index contributed by atoms with van der Waals surface area (Å²) < 4.78 is 13.6. The maximum absolute atomic E-state index is 13.6. The van der Waals surface area contributed by atoms with Gasteiger partial charge in [-0.3, -0.25) is 4.79 Å². The highest BCUT2D eigenvalue weighted by atomic mass is 35.5. The van der Waals surface area contributed by atoms with Gasteiger partial charge in [0.05, 0.1) is 17.2 Å². The van der Waals surface area contributed by atoms with Crippen molar-refractivity contribution in [1.82, 2.24) is 9.88 Å². The predicted octanol–water partition coefficient (Wildman–Crippen LogP) is 5.47. The van der Waals surface area contributed by atoms with Crippen molar-refractivity contribution in [2.45, 2.75) is 44.8 Å². The van der Waals surface area contributed by atoms with Crippen LogP contribution in [0.1, 0.15) is 44.2 Å². The van der Waals surface area contributed by atoms with Gasteiger partial charge in [0.2, 0.25) is 0 Å². The van der Waals surface area contributed by atoms with Gasteiger partial charge in [-0.1, -0.05) is 29.8 Å². The van der Waals surface area contributed by atoms with Gasteiger partial charge in [0, 0.05) is 23.8 Å². The van der Waals surface area contributed by atoms with E-state index < -0.39 is 5.82 Å². The molecule has 1 fully saturated rings. The molecular weight excluding hydrogens is 445 g/mol. The van der Waals surface area contributed by atoms with Crippen LogP contribution < -0.4 is 10.9 Å². The van der Waals surface area contributed by atoms with Crippen molar-refractivity contribution in [2.24, 2.45) is 5.92 Å². The predicted molar refractivity (Wildman–Crippen MR) is 128 cm³/mol. The number of amides is 2. The van der Waals surface area contributed by atoms with Gasteiger partial charge in [0.1, 0.15) is 5.82 Å². The molecule has 4 rings (SSSR count). The van der Waals surface area contributed by atoms with E-state index >= 15 is 0 Å². The third-order valence-corrected chi connectivity index (χ3v) is 6.75. The molecule has 0 radical (unpaired) electrons. The summed E-state index contributed by atoms with van der Waals surface area (Å²) in [5.74, 6) is -0.312. The highest BCUT2D eigenvalue weighted by molar-refractivity contribution is 6.31. The van der Waals surface area contributed by atoms with Crippen LogP contribution in [0, 0.1) is 11.7 Å². The van der Waals surface area contributed by atoms with Gasteiger partial charge in [-0.15, -0.1) is 0 Å². The smallest absolute Gasteiger partial charge is 0.322 e. The maximum atomic E-state index is 13.6. The van der Waals surface area contributed by atoms with Crippen molar-refractivity contribution in [1.29, 1.82) is 0 Å². The summed E-state index contributed by atoms with van der Waals surface area (Å²) in [5, 5.41) is 14.0. The number of hydrogen-bond acceptors (Lipinski definition) is 3. The second kappa shape index (κ2) is 9.93. The molecule has 0 bridgehead atoms. The van der Waals surface area contributed by atoms with E-state index in [4.69, 9.17) is 11.6 Å². The van der Waals surface area contributed by atoms with Gasteiger partial charge in [-0.2, -0.15) is 0 Å². The van der Waals surface area contributed by atoms with Crippen LogP contribution in [0.2, 0.25) is 5.02 Å². The van der Waals surface area contributed by atoms with E-state index in [2.05, 4.69) is 10.3 Å². The average molecular weight is 472 g/mol. The first-order valence-corrected chi connectivity index (χ1v) is 11.5. The standard InChI is InChI=1S/C25H27ClFN3O3/c1-15(21-13-28-24(32)20-5-3-2-4-19(20)21)30(14-16-6-9-18(31)10-7-16)25(33)29-17-8-11-23(27)22(26)12-17/h2-5,8,11-13,15-16,18,31H,6-7,9-10,14H2,1H3,(H,28,32)(H,29,33)/t15-,16-,18+/m1/s1. The number of aromatic amines is 1. The Morgan fingerprint density at radius 2 is 1.91 bits per heavy atom. The number of aromatic nitrogens is 1. The van der Waals surface area contributed by atoms with Crippen molar-refractivity contribution < 1.29 is 14.3 Å². The molecule has 1 aliphatic rings. The van der Waals surface area contributed by atoms with Crippen LogP contribution in [0.15, 0.2) is 53.5 Å². The van der Waals surface area contributed by atoms with E-state index in [9.17, 15) is 19.1 Å². The lowest BCUT2D eigenvalue weighted by molar-refractivity contribution is 0.0939. The number of halogens is 2. The second-order valence-electron chi connectivity index (χ2n) is 8.68. The van der Waals surface area contributed by atoms with E-state index in [0.29, 0.717) is 30.5 Å². The van der Waals surface area contributed by atoms with Gasteiger partial charge in [0.15, 0.2) is 0 Å². The highest BCUT2D eigenvalue weighted by Crippen LogP contribution is 2.31. The lowest BCUT2D eigenvalue weighted by atomic mass is 9.86. The third-order valence-electron chi connectivity index (χ3n) is 6.46. The minimum absolute atomic E-state index is 0.0692. The molecule has 0 aliphatic heterocycles. The Hall–Kier alpha value is -2.90. The quantitative estimate of drug-likeness (QED) is 0.461. The number of benzene rings is 2. The Kier molecular flexibility index (Phi) is 7.00. The summed E-state index contributed by atoms with van der Waals surface area (Å²) in [4.78, 5) is 30.2. The Labute approximate surface area is 196 Å². The summed E-state index contributed by atoms with van der Waals surface area (Å²) >= 11 is 5.89. The number of fused-ring (bicyclic) bond motifs is 1. The van der Waals surface area contributed by atoms with Crippen LogP contribution in [0.25, 0.3) is 10.8 Å². The Balaban J connectivity index is 1.66. The fraction of sp³-hybridized carbons (Fsp3) is 0.360. The van der Waals surface area contributed by atoms with E-state index in [1.54, 1.807) is 17.2 Å². The number of urea groups is 1. The van der Waals surface area contributed by atoms with Crippen molar-refractivity contribution in [3.8, 4) is 0 Å². The van der Waals surface area contributed by atoms with Crippen LogP contribution >= 0.6 is 11.6 Å². The highest BCUT2D eigenvalue weighted by Gasteiger charge is 2.29. The minimum Gasteiger partial charge on any atom is -0.393 e. The zero-order valence-corrected chi connectivity index (χ0v) is 19.1. The first-order valence-electron chi connectivity index (χ1n) is 11.1. The number of aliphatic hydroxyl groups excluding tert-OH is 1. The summed E-state index contributed by atoms with van der Waals surface area (Å²) in [6, 6.07) is 10.7. The number of rotatable bonds is 5. The molecular formula is C25H27ClFN3O3. The topological polar surface area (TPSA) is 85.4 Å². The van der Waals surface area contributed by atoms with Gasteiger partial charge >= 0.3 is 6.03 Å². The fourth-order valence-corrected chi connectivity index (χ4v) is 4.72. The number of nitrogens with zero attached hydrogens (tertiary/aromatic N) is 1. The molecule has 2 aromatic carbocycles. The lowest BCUT2D eigenvalue weighted by Gasteiger charge is -2.35. The molecule has 1 atom stereocenters. The second-order valence-corrected chi connectivity index (χ2v) is 9.09. The molecule has 1 aromatic heterocycles. The molecule has 6 nitrogen and oxygen atoms in total. The molecule has 3 N–H and O–H groups in total. The molecule has 174 valence electrons. The van der Waals surface area contributed by atoms with E-state index in [1.165, 1.54) is 18.2 Å². The maximum Gasteiger partial charge on any atom is 0.322 e. The first-order chi connectivity index (χ1) is 15.8. The van der Waals surface area contributed by atoms with Crippen molar-refractivity contribution in [3.05, 3.63) is 75.4 Å². The summed E-state index contributed by atoms with van der Waals surface area (Å²) in [6.45, 7) is 2.41. The largest absolute Gasteiger partial charge is 0.393 e. The number of H-pyrrole nitrogens is 1. The Bertz CT molecular complexity index is 1210. The number of pyridine rings is 1. The van der Waals surface area contributed by atoms with Crippen LogP contribution in [-0.4, -0.2) is 33.7 Å². The molecule has 8 heteroatoms. The number of carbonyl (C=O) groups is 1. The molecule has 0 unspecified atom stereocenters. The molecule has 1 saturated carbocycles. The number of hydrogen-bond donors (Lipinski definition) is 3. The number of nitrogens with one attached hydrogen (secondary N) is 2. The average Bonchev–Trinajstić information content (AvgIpc) is 2.81. The summed E-state index contributed by atoms with van der Waals surface area (Å²) in [6.07, 6.45) is 4.45. The number of aliphatic hydroxyl groups is 1. The van der Waals surface area contributed by atoms with Crippen LogP contribution in [-0.2, 0) is 0 Å². The van der Waals surface area contributed by atoms with E-state index in [-0.39, 0.29) is 34.7 Å². The van der Waals surface area contributed by atoms with Crippen molar-refractivity contribution in [2.75, 3.05) is 11.9 Å². The summed E-state index contributed by atoms with van der Waals surface area (Å²) in [7, 11) is 0. The van der Waals surface area contributed by atoms with Gasteiger partial charge < -0.3 is 20.3 Å². The molecule has 1 heterocycles. The molecule has 1 aliphatic carbocycles. The van der Waals surface area contributed by atoms with E-state index in [1.807, 2.05) is 25.1 Å². The first kappa shape index (κ1) is 23.3. The van der Waals surface area contributed by atoms with Crippen LogP contribution in [0.4, 0.5) is 14.9 Å². The lowest BCUT2D eigenvalue weighted by Crippen LogP contribution is -2.41. The van der Waals surface area contributed by atoms with Gasteiger partial charge in [-0.25, -0.2) is 9.18 Å². The Morgan fingerprint density at radius 1 is 1.21 bits per heavy atom. The van der Waals surface area contributed by atoms with Crippen molar-refractivity contribution in [3.63, 3.8) is 0 Å². The molecule has 2 amide bonds. The monoisotopic (exact) mass is 471 g/mol. The number of carbonyl (C=O) groups excluding carboxylic acids is 1. The zero-order chi connectivity index (χ0) is 23.5. The third kappa shape index (κ3) is 5.20. The SMILES string of the molecule is C[C@H](c1c[nH]c(=O)c2ccccc12)N(C[C@H]1CC[C@@H](O)CC1)C(=O)Nc1ccc(F)c(Cl)c1. The van der Waals surface area contributed by atoms with Gasteiger partial charge in [0.25, 0.3) is 5.56 Å². The number of anilines is 1. The molecule has 0 saturated heterocycles. The van der Waals surface area contributed by atoms with E-state index in [0.717, 1.165) is 23.8 Å². The normalized spacial score (nSPS) is 19.3. The zero-order valence-electron chi connectivity index (χ0n) is 18.4. The molecule has 0 spiro atoms. The fourth-order valence-electron chi connectivity index (χ4n) is 4.54. The minimum atomic E-state index is -0.555. The van der Waals surface area contributed by atoms with Gasteiger partial charge in [-0.05, 0) is 73.7 Å². The summed E-state index contributed by atoms with van der Waals surface area (Å²) in [5.41, 5.74) is 1.04. The van der Waals surface area contributed by atoms with Crippen molar-refractivity contribution >= 4 is 34.1 Å². The van der Waals surface area contributed by atoms with Crippen LogP contribution in [0.3, 0.4) is 0 Å². The molecule has 3 aromatic rings. The Morgan fingerprint density at radius 3 is 2.61 bits per heavy atom. The molecule has 33 heavy (non-hydrogen) atoms. The van der Waals surface area contributed by atoms with Crippen LogP contribution in [0.5, 0.6) is 0 Å².